The molecule has 1 aromatic rings. The molecule has 1 rings (SSSR count). The first kappa shape index (κ1) is 15.8. The minimum Gasteiger partial charge on any atom is -0.466 e. The van der Waals surface area contributed by atoms with Gasteiger partial charge in [-0.05, 0) is 26.7 Å². The summed E-state index contributed by atoms with van der Waals surface area (Å²) in [6, 6.07) is 0.00700. The minimum atomic E-state index is -0.0896. The number of amides is 1. The fourth-order valence-corrected chi connectivity index (χ4v) is 2.49. The zero-order chi connectivity index (χ0) is 14.6. The van der Waals surface area contributed by atoms with E-state index in [-0.39, 0.29) is 11.9 Å². The molecule has 0 radical (unpaired) electrons. The smallest absolute Gasteiger partial charge is 0.255 e. The van der Waals surface area contributed by atoms with E-state index in [0.717, 1.165) is 24.2 Å². The molecule has 0 aliphatic rings. The van der Waals surface area contributed by atoms with Gasteiger partial charge in [-0.15, -0.1) is 0 Å². The fraction of sp³-hybridized carbons (Fsp3) is 0.667. The summed E-state index contributed by atoms with van der Waals surface area (Å²) in [5.74, 6) is 1.83. The van der Waals surface area contributed by atoms with Crippen LogP contribution in [0.1, 0.15) is 54.1 Å². The Kier molecular flexibility index (Phi) is 5.60. The average molecular weight is 266 g/mol. The highest BCUT2D eigenvalue weighted by molar-refractivity contribution is 5.96. The van der Waals surface area contributed by atoms with E-state index in [9.17, 15) is 4.79 Å². The molecule has 4 heteroatoms. The van der Waals surface area contributed by atoms with Gasteiger partial charge in [0.2, 0.25) is 0 Å². The maximum atomic E-state index is 12.2. The molecule has 0 saturated heterocycles. The van der Waals surface area contributed by atoms with Crippen molar-refractivity contribution < 1.29 is 9.21 Å². The normalized spacial score (nSPS) is 12.8. The molecule has 0 fully saturated rings. The Morgan fingerprint density at radius 3 is 2.21 bits per heavy atom. The van der Waals surface area contributed by atoms with E-state index in [2.05, 4.69) is 19.2 Å². The third kappa shape index (κ3) is 3.60. The predicted molar refractivity (Wildman–Crippen MR) is 77.3 cm³/mol. The van der Waals surface area contributed by atoms with Crippen molar-refractivity contribution in [3.8, 4) is 0 Å². The second kappa shape index (κ2) is 6.75. The van der Waals surface area contributed by atoms with Gasteiger partial charge in [0.05, 0.1) is 5.56 Å². The molecule has 1 atom stereocenters. The third-order valence-corrected chi connectivity index (χ3v) is 3.94. The second-order valence-electron chi connectivity index (χ2n) is 5.16. The number of hydrogen-bond acceptors (Lipinski definition) is 3. The maximum absolute atomic E-state index is 12.2. The third-order valence-electron chi connectivity index (χ3n) is 3.94. The number of carbonyl (C=O) groups excluding carboxylic acids is 1. The molecule has 1 heterocycles. The van der Waals surface area contributed by atoms with Crippen molar-refractivity contribution in [2.75, 3.05) is 6.54 Å². The van der Waals surface area contributed by atoms with Gasteiger partial charge in [-0.25, -0.2) is 0 Å². The van der Waals surface area contributed by atoms with Crippen molar-refractivity contribution in [3.05, 3.63) is 22.6 Å². The Hall–Kier alpha value is -1.29. The summed E-state index contributed by atoms with van der Waals surface area (Å²) in [4.78, 5) is 12.2. The highest BCUT2D eigenvalue weighted by atomic mass is 16.3. The Morgan fingerprint density at radius 2 is 1.79 bits per heavy atom. The first-order valence-electron chi connectivity index (χ1n) is 7.02. The molecule has 1 aromatic heterocycles. The first-order valence-corrected chi connectivity index (χ1v) is 7.02. The summed E-state index contributed by atoms with van der Waals surface area (Å²) in [7, 11) is 0. The molecule has 0 aromatic carbocycles. The van der Waals surface area contributed by atoms with Crippen LogP contribution in [0.5, 0.6) is 0 Å². The standard InChI is InChI=1S/C15H26N2O2/c1-6-12(7-2)13(16)8-17-15(18)14-9(3)10(4)19-11(14)5/h12-13H,6-8,16H2,1-5H3,(H,17,18). The maximum Gasteiger partial charge on any atom is 0.255 e. The molecule has 1 unspecified atom stereocenters. The molecule has 4 nitrogen and oxygen atoms in total. The number of carbonyl (C=O) groups is 1. The Labute approximate surface area is 115 Å². The lowest BCUT2D eigenvalue weighted by molar-refractivity contribution is 0.0946. The Bertz CT molecular complexity index is 434. The molecule has 108 valence electrons. The Morgan fingerprint density at radius 1 is 1.21 bits per heavy atom. The summed E-state index contributed by atoms with van der Waals surface area (Å²) in [5, 5.41) is 2.92. The lowest BCUT2D eigenvalue weighted by Gasteiger charge is -2.21. The van der Waals surface area contributed by atoms with Crippen LogP contribution in [0.3, 0.4) is 0 Å². The number of rotatable bonds is 6. The lowest BCUT2D eigenvalue weighted by atomic mass is 9.95. The fourth-order valence-electron chi connectivity index (χ4n) is 2.49. The number of aryl methyl sites for hydroxylation is 2. The van der Waals surface area contributed by atoms with Gasteiger partial charge in [0.25, 0.3) is 5.91 Å². The topological polar surface area (TPSA) is 68.3 Å². The van der Waals surface area contributed by atoms with E-state index in [1.165, 1.54) is 0 Å². The van der Waals surface area contributed by atoms with E-state index in [1.54, 1.807) is 0 Å². The van der Waals surface area contributed by atoms with Crippen molar-refractivity contribution in [2.24, 2.45) is 11.7 Å². The molecule has 0 spiro atoms. The lowest BCUT2D eigenvalue weighted by Crippen LogP contribution is -2.42. The van der Waals surface area contributed by atoms with Crippen LogP contribution >= 0.6 is 0 Å². The zero-order valence-electron chi connectivity index (χ0n) is 12.7. The minimum absolute atomic E-state index is 0.00700. The predicted octanol–water partition coefficient (Wildman–Crippen LogP) is 2.70. The van der Waals surface area contributed by atoms with Crippen LogP contribution in [-0.4, -0.2) is 18.5 Å². The van der Waals surface area contributed by atoms with Crippen molar-refractivity contribution in [3.63, 3.8) is 0 Å². The number of nitrogens with two attached hydrogens (primary N) is 1. The van der Waals surface area contributed by atoms with Gasteiger partial charge in [-0.1, -0.05) is 26.7 Å². The van der Waals surface area contributed by atoms with Crippen LogP contribution < -0.4 is 11.1 Å². The van der Waals surface area contributed by atoms with E-state index in [4.69, 9.17) is 10.2 Å². The first-order chi connectivity index (χ1) is 8.92. The van der Waals surface area contributed by atoms with Gasteiger partial charge in [-0.3, -0.25) is 4.79 Å². The van der Waals surface area contributed by atoms with Crippen LogP contribution in [0.15, 0.2) is 4.42 Å². The number of nitrogens with one attached hydrogen (secondary N) is 1. The monoisotopic (exact) mass is 266 g/mol. The SMILES string of the molecule is CCC(CC)C(N)CNC(=O)c1c(C)oc(C)c1C. The molecule has 0 saturated carbocycles. The second-order valence-corrected chi connectivity index (χ2v) is 5.16. The quantitative estimate of drug-likeness (QED) is 0.831. The van der Waals surface area contributed by atoms with Crippen LogP contribution in [0.25, 0.3) is 0 Å². The van der Waals surface area contributed by atoms with Crippen molar-refractivity contribution >= 4 is 5.91 Å². The van der Waals surface area contributed by atoms with Crippen LogP contribution in [0.4, 0.5) is 0 Å². The summed E-state index contributed by atoms with van der Waals surface area (Å²) in [5.41, 5.74) is 7.66. The van der Waals surface area contributed by atoms with Gasteiger partial charge in [0, 0.05) is 18.2 Å². The van der Waals surface area contributed by atoms with Gasteiger partial charge in [-0.2, -0.15) is 0 Å². The molecule has 1 amide bonds. The van der Waals surface area contributed by atoms with E-state index in [0.29, 0.717) is 23.8 Å². The van der Waals surface area contributed by atoms with Crippen molar-refractivity contribution in [1.29, 1.82) is 0 Å². The highest BCUT2D eigenvalue weighted by Gasteiger charge is 2.20. The Balaban J connectivity index is 2.66. The molecule has 0 aliphatic carbocycles. The molecule has 3 N–H and O–H groups in total. The summed E-state index contributed by atoms with van der Waals surface area (Å²) >= 11 is 0. The van der Waals surface area contributed by atoms with Gasteiger partial charge >= 0.3 is 0 Å². The van der Waals surface area contributed by atoms with E-state index >= 15 is 0 Å². The number of furan rings is 1. The number of hydrogen-bond donors (Lipinski definition) is 2. The zero-order valence-corrected chi connectivity index (χ0v) is 12.7. The van der Waals surface area contributed by atoms with Gasteiger partial charge in [0.15, 0.2) is 0 Å². The molecule has 0 bridgehead atoms. The largest absolute Gasteiger partial charge is 0.466 e. The molecular formula is C15H26N2O2. The van der Waals surface area contributed by atoms with Crippen LogP contribution in [-0.2, 0) is 0 Å². The average Bonchev–Trinajstić information content (AvgIpc) is 2.62. The van der Waals surface area contributed by atoms with E-state index in [1.807, 2.05) is 20.8 Å². The van der Waals surface area contributed by atoms with Crippen LogP contribution in [0, 0.1) is 26.7 Å². The summed E-state index contributed by atoms with van der Waals surface area (Å²) in [6.07, 6.45) is 2.08. The van der Waals surface area contributed by atoms with E-state index < -0.39 is 0 Å². The van der Waals surface area contributed by atoms with Crippen molar-refractivity contribution in [2.45, 2.75) is 53.5 Å². The molecule has 19 heavy (non-hydrogen) atoms. The molecule has 0 aliphatic heterocycles. The summed E-state index contributed by atoms with van der Waals surface area (Å²) < 4.78 is 5.47. The molecular weight excluding hydrogens is 240 g/mol. The van der Waals surface area contributed by atoms with Gasteiger partial charge in [0.1, 0.15) is 11.5 Å². The summed E-state index contributed by atoms with van der Waals surface area (Å²) in [6.45, 7) is 10.4. The van der Waals surface area contributed by atoms with Crippen LogP contribution in [0.2, 0.25) is 0 Å². The van der Waals surface area contributed by atoms with Gasteiger partial charge < -0.3 is 15.5 Å². The highest BCUT2D eigenvalue weighted by Crippen LogP contribution is 2.20. The van der Waals surface area contributed by atoms with Crippen molar-refractivity contribution in [1.82, 2.24) is 5.32 Å².